The van der Waals surface area contributed by atoms with E-state index in [1.807, 2.05) is 0 Å². The van der Waals surface area contributed by atoms with Gasteiger partial charge in [0.25, 0.3) is 0 Å². The summed E-state index contributed by atoms with van der Waals surface area (Å²) in [5, 5.41) is 0. The van der Waals surface area contributed by atoms with Gasteiger partial charge in [-0.25, -0.2) is 4.79 Å². The SMILES string of the molecule is C=C(C)C(=O)OCCCC(C(C)C)C(C)(C)C. The van der Waals surface area contributed by atoms with Gasteiger partial charge < -0.3 is 4.74 Å². The third kappa shape index (κ3) is 6.50. The Balaban J connectivity index is 4.01. The average molecular weight is 240 g/mol. The van der Waals surface area contributed by atoms with E-state index in [4.69, 9.17) is 4.74 Å². The monoisotopic (exact) mass is 240 g/mol. The van der Waals surface area contributed by atoms with Gasteiger partial charge in [0.2, 0.25) is 0 Å². The van der Waals surface area contributed by atoms with E-state index in [0.29, 0.717) is 29.4 Å². The van der Waals surface area contributed by atoms with Gasteiger partial charge >= 0.3 is 5.97 Å². The van der Waals surface area contributed by atoms with Gasteiger partial charge in [-0.15, -0.1) is 0 Å². The molecule has 1 unspecified atom stereocenters. The predicted molar refractivity (Wildman–Crippen MR) is 72.8 cm³/mol. The molecule has 0 aromatic heterocycles. The van der Waals surface area contributed by atoms with Crippen LogP contribution in [0, 0.1) is 17.3 Å². The molecule has 0 bridgehead atoms. The van der Waals surface area contributed by atoms with Crippen LogP contribution in [-0.2, 0) is 9.53 Å². The zero-order chi connectivity index (χ0) is 13.6. The normalized spacial score (nSPS) is 13.6. The lowest BCUT2D eigenvalue weighted by atomic mass is 9.72. The molecule has 0 saturated carbocycles. The zero-order valence-corrected chi connectivity index (χ0v) is 12.3. The van der Waals surface area contributed by atoms with E-state index >= 15 is 0 Å². The molecule has 2 heteroatoms. The smallest absolute Gasteiger partial charge is 0.333 e. The zero-order valence-electron chi connectivity index (χ0n) is 12.3. The standard InChI is InChI=1S/C15H28O2/c1-11(2)13(15(5,6)7)9-8-10-17-14(16)12(3)4/h11,13H,3,8-10H2,1-2,4-7H3. The number of rotatable bonds is 6. The number of ether oxygens (including phenoxy) is 1. The van der Waals surface area contributed by atoms with Crippen molar-refractivity contribution in [2.75, 3.05) is 6.61 Å². The first kappa shape index (κ1) is 16.2. The summed E-state index contributed by atoms with van der Waals surface area (Å²) in [6.45, 7) is 17.1. The van der Waals surface area contributed by atoms with E-state index in [-0.39, 0.29) is 5.97 Å². The van der Waals surface area contributed by atoms with Crippen LogP contribution in [0.25, 0.3) is 0 Å². The first-order valence-electron chi connectivity index (χ1n) is 6.49. The van der Waals surface area contributed by atoms with Crippen LogP contribution in [0.1, 0.15) is 54.4 Å². The molecule has 0 aliphatic carbocycles. The summed E-state index contributed by atoms with van der Waals surface area (Å²) in [5.41, 5.74) is 0.785. The molecule has 0 spiro atoms. The van der Waals surface area contributed by atoms with Crippen molar-refractivity contribution in [1.82, 2.24) is 0 Å². The van der Waals surface area contributed by atoms with Crippen LogP contribution in [0.4, 0.5) is 0 Å². The molecule has 0 fully saturated rings. The van der Waals surface area contributed by atoms with Crippen molar-refractivity contribution in [3.8, 4) is 0 Å². The van der Waals surface area contributed by atoms with Gasteiger partial charge in [-0.2, -0.15) is 0 Å². The van der Waals surface area contributed by atoms with Crippen molar-refractivity contribution in [1.29, 1.82) is 0 Å². The molecular weight excluding hydrogens is 212 g/mol. The summed E-state index contributed by atoms with van der Waals surface area (Å²) in [6.07, 6.45) is 2.03. The van der Waals surface area contributed by atoms with Crippen LogP contribution < -0.4 is 0 Å². The Bertz CT molecular complexity index is 259. The Morgan fingerprint density at radius 2 is 1.82 bits per heavy atom. The van der Waals surface area contributed by atoms with E-state index in [9.17, 15) is 4.79 Å². The molecule has 1 atom stereocenters. The highest BCUT2D eigenvalue weighted by atomic mass is 16.5. The molecule has 0 N–H and O–H groups in total. The Kier molecular flexibility index (Phi) is 6.51. The molecule has 0 aromatic carbocycles. The number of hydrogen-bond donors (Lipinski definition) is 0. The molecule has 0 amide bonds. The third-order valence-corrected chi connectivity index (χ3v) is 3.16. The quantitative estimate of drug-likeness (QED) is 0.395. The molecule has 0 rings (SSSR count). The highest BCUT2D eigenvalue weighted by molar-refractivity contribution is 5.86. The molecule has 100 valence electrons. The van der Waals surface area contributed by atoms with Crippen molar-refractivity contribution >= 4 is 5.97 Å². The lowest BCUT2D eigenvalue weighted by molar-refractivity contribution is -0.139. The maximum absolute atomic E-state index is 11.2. The minimum absolute atomic E-state index is 0.276. The first-order chi connectivity index (χ1) is 7.66. The average Bonchev–Trinajstić information content (AvgIpc) is 2.13. The van der Waals surface area contributed by atoms with Crippen LogP contribution in [0.3, 0.4) is 0 Å². The maximum Gasteiger partial charge on any atom is 0.333 e. The van der Waals surface area contributed by atoms with Crippen molar-refractivity contribution in [2.24, 2.45) is 17.3 Å². The summed E-state index contributed by atoms with van der Waals surface area (Å²) in [5.74, 6) is 1.04. The summed E-state index contributed by atoms with van der Waals surface area (Å²) in [4.78, 5) is 11.2. The van der Waals surface area contributed by atoms with Gasteiger partial charge in [0.1, 0.15) is 0 Å². The van der Waals surface area contributed by atoms with E-state index < -0.39 is 0 Å². The molecular formula is C15H28O2. The summed E-state index contributed by atoms with van der Waals surface area (Å²) < 4.78 is 5.11. The Morgan fingerprint density at radius 3 is 2.18 bits per heavy atom. The number of carbonyl (C=O) groups excluding carboxylic acids is 1. The summed E-state index contributed by atoms with van der Waals surface area (Å²) in [6, 6.07) is 0. The highest BCUT2D eigenvalue weighted by Gasteiger charge is 2.26. The Labute approximate surface area is 106 Å². The fourth-order valence-electron chi connectivity index (χ4n) is 2.36. The van der Waals surface area contributed by atoms with Crippen LogP contribution in [0.15, 0.2) is 12.2 Å². The summed E-state index contributed by atoms with van der Waals surface area (Å²) >= 11 is 0. The molecule has 17 heavy (non-hydrogen) atoms. The second kappa shape index (κ2) is 6.83. The minimum Gasteiger partial charge on any atom is -0.462 e. The van der Waals surface area contributed by atoms with Crippen LogP contribution >= 0.6 is 0 Å². The molecule has 0 aromatic rings. The second-order valence-corrected chi connectivity index (χ2v) is 6.28. The van der Waals surface area contributed by atoms with Crippen LogP contribution in [0.5, 0.6) is 0 Å². The van der Waals surface area contributed by atoms with Gasteiger partial charge in [0.05, 0.1) is 6.61 Å². The molecule has 0 aliphatic heterocycles. The molecule has 0 radical (unpaired) electrons. The second-order valence-electron chi connectivity index (χ2n) is 6.28. The van der Waals surface area contributed by atoms with Crippen molar-refractivity contribution < 1.29 is 9.53 Å². The van der Waals surface area contributed by atoms with Gasteiger partial charge in [-0.05, 0) is 37.0 Å². The molecule has 0 heterocycles. The van der Waals surface area contributed by atoms with Crippen molar-refractivity contribution in [3.05, 3.63) is 12.2 Å². The molecule has 0 saturated heterocycles. The van der Waals surface area contributed by atoms with Crippen LogP contribution in [-0.4, -0.2) is 12.6 Å². The van der Waals surface area contributed by atoms with Gasteiger partial charge in [-0.1, -0.05) is 41.2 Å². The minimum atomic E-state index is -0.276. The summed E-state index contributed by atoms with van der Waals surface area (Å²) in [7, 11) is 0. The lowest BCUT2D eigenvalue weighted by Crippen LogP contribution is -2.25. The maximum atomic E-state index is 11.2. The largest absolute Gasteiger partial charge is 0.462 e. The molecule has 2 nitrogen and oxygen atoms in total. The number of hydrogen-bond acceptors (Lipinski definition) is 2. The van der Waals surface area contributed by atoms with Crippen molar-refractivity contribution in [2.45, 2.75) is 54.4 Å². The lowest BCUT2D eigenvalue weighted by Gasteiger charge is -2.34. The Morgan fingerprint density at radius 1 is 1.29 bits per heavy atom. The van der Waals surface area contributed by atoms with E-state index in [2.05, 4.69) is 41.2 Å². The number of esters is 1. The topological polar surface area (TPSA) is 26.3 Å². The molecule has 0 aliphatic rings. The van der Waals surface area contributed by atoms with Crippen molar-refractivity contribution in [3.63, 3.8) is 0 Å². The van der Waals surface area contributed by atoms with E-state index in [0.717, 1.165) is 12.8 Å². The highest BCUT2D eigenvalue weighted by Crippen LogP contribution is 2.35. The third-order valence-electron chi connectivity index (χ3n) is 3.16. The van der Waals surface area contributed by atoms with Gasteiger partial charge in [-0.3, -0.25) is 0 Å². The van der Waals surface area contributed by atoms with Gasteiger partial charge in [0.15, 0.2) is 0 Å². The van der Waals surface area contributed by atoms with Gasteiger partial charge in [0, 0.05) is 5.57 Å². The van der Waals surface area contributed by atoms with E-state index in [1.54, 1.807) is 6.92 Å². The Hall–Kier alpha value is -0.790. The fourth-order valence-corrected chi connectivity index (χ4v) is 2.36. The number of carbonyl (C=O) groups is 1. The predicted octanol–water partition coefficient (Wildman–Crippen LogP) is 4.20. The fraction of sp³-hybridized carbons (Fsp3) is 0.800. The van der Waals surface area contributed by atoms with E-state index in [1.165, 1.54) is 0 Å². The van der Waals surface area contributed by atoms with Crippen LogP contribution in [0.2, 0.25) is 0 Å². The first-order valence-corrected chi connectivity index (χ1v) is 6.49.